The number of amides is 1. The number of carboxylic acids is 1. The Balaban J connectivity index is 1.66. The van der Waals surface area contributed by atoms with Crippen LogP contribution in [-0.2, 0) is 9.53 Å². The van der Waals surface area contributed by atoms with Crippen LogP contribution in [-0.4, -0.2) is 33.6 Å². The fourth-order valence-corrected chi connectivity index (χ4v) is 5.51. The molecule has 1 fully saturated rings. The van der Waals surface area contributed by atoms with E-state index in [1.165, 1.54) is 31.4 Å². The normalized spacial score (nSPS) is 15.7. The first-order chi connectivity index (χ1) is 18.9. The van der Waals surface area contributed by atoms with Crippen molar-refractivity contribution >= 4 is 28.6 Å². The lowest BCUT2D eigenvalue weighted by atomic mass is 9.83. The van der Waals surface area contributed by atoms with Gasteiger partial charge in [-0.15, -0.1) is 0 Å². The van der Waals surface area contributed by atoms with E-state index in [-0.39, 0.29) is 22.9 Å². The Labute approximate surface area is 224 Å². The molecule has 202 valence electrons. The van der Waals surface area contributed by atoms with Crippen molar-refractivity contribution in [2.24, 2.45) is 5.92 Å². The SMILES string of the molecule is CO[C@@H](c1ccccc1)c1nc2cc(F)c(F)cc2n1[C@H](C(=O)Nc1ccc(C(=O)O)cc1)C1CCCCC1. The van der Waals surface area contributed by atoms with Crippen LogP contribution in [0.4, 0.5) is 14.5 Å². The second kappa shape index (κ2) is 11.3. The van der Waals surface area contributed by atoms with Gasteiger partial charge in [-0.3, -0.25) is 4.79 Å². The number of halogens is 2. The first kappa shape index (κ1) is 26.5. The van der Waals surface area contributed by atoms with Gasteiger partial charge in [0.05, 0.1) is 16.6 Å². The molecule has 0 aliphatic heterocycles. The number of rotatable bonds is 8. The van der Waals surface area contributed by atoms with Crippen LogP contribution in [0.5, 0.6) is 0 Å². The molecule has 39 heavy (non-hydrogen) atoms. The average molecular weight is 534 g/mol. The third-order valence-corrected chi connectivity index (χ3v) is 7.37. The Bertz CT molecular complexity index is 1480. The molecule has 4 aromatic rings. The molecule has 1 aliphatic rings. The predicted molar refractivity (Wildman–Crippen MR) is 143 cm³/mol. The number of carbonyl (C=O) groups excluding carboxylic acids is 1. The molecule has 1 amide bonds. The second-order valence-electron chi connectivity index (χ2n) is 9.84. The van der Waals surface area contributed by atoms with E-state index in [4.69, 9.17) is 4.74 Å². The summed E-state index contributed by atoms with van der Waals surface area (Å²) in [5.74, 6) is -3.19. The molecular weight excluding hydrogens is 504 g/mol. The van der Waals surface area contributed by atoms with E-state index >= 15 is 0 Å². The summed E-state index contributed by atoms with van der Waals surface area (Å²) in [6.45, 7) is 0. The molecule has 2 N–H and O–H groups in total. The van der Waals surface area contributed by atoms with E-state index in [2.05, 4.69) is 10.3 Å². The van der Waals surface area contributed by atoms with E-state index < -0.39 is 29.7 Å². The third kappa shape index (κ3) is 5.40. The van der Waals surface area contributed by atoms with E-state index in [0.717, 1.165) is 49.8 Å². The van der Waals surface area contributed by atoms with Gasteiger partial charge >= 0.3 is 5.97 Å². The molecule has 1 saturated carbocycles. The summed E-state index contributed by atoms with van der Waals surface area (Å²) in [5.41, 5.74) is 1.84. The van der Waals surface area contributed by atoms with Crippen molar-refractivity contribution < 1.29 is 28.2 Å². The van der Waals surface area contributed by atoms with Gasteiger partial charge < -0.3 is 19.7 Å². The smallest absolute Gasteiger partial charge is 0.335 e. The fourth-order valence-electron chi connectivity index (χ4n) is 5.51. The van der Waals surface area contributed by atoms with Crippen molar-refractivity contribution in [1.82, 2.24) is 9.55 Å². The number of aromatic carboxylic acids is 1. The van der Waals surface area contributed by atoms with Crippen LogP contribution in [0.3, 0.4) is 0 Å². The highest BCUT2D eigenvalue weighted by Gasteiger charge is 2.36. The highest BCUT2D eigenvalue weighted by atomic mass is 19.2. The number of carbonyl (C=O) groups is 2. The monoisotopic (exact) mass is 533 g/mol. The van der Waals surface area contributed by atoms with Crippen LogP contribution in [0, 0.1) is 17.6 Å². The van der Waals surface area contributed by atoms with E-state index in [9.17, 15) is 23.5 Å². The van der Waals surface area contributed by atoms with Gasteiger partial charge in [0.1, 0.15) is 18.0 Å². The molecule has 1 heterocycles. The zero-order valence-electron chi connectivity index (χ0n) is 21.4. The number of hydrogen-bond acceptors (Lipinski definition) is 4. The third-order valence-electron chi connectivity index (χ3n) is 7.37. The molecule has 0 radical (unpaired) electrons. The number of ether oxygens (including phenoxy) is 1. The van der Waals surface area contributed by atoms with Crippen LogP contribution in [0.15, 0.2) is 66.7 Å². The van der Waals surface area contributed by atoms with Crippen LogP contribution < -0.4 is 5.32 Å². The minimum Gasteiger partial charge on any atom is -0.478 e. The molecule has 1 aromatic heterocycles. The maximum atomic E-state index is 14.6. The molecule has 0 unspecified atom stereocenters. The largest absolute Gasteiger partial charge is 0.478 e. The zero-order chi connectivity index (χ0) is 27.5. The van der Waals surface area contributed by atoms with Crippen LogP contribution in [0.2, 0.25) is 0 Å². The number of imidazole rings is 1. The number of aromatic nitrogens is 2. The number of nitrogens with one attached hydrogen (secondary N) is 1. The fraction of sp³-hybridized carbons (Fsp3) is 0.300. The van der Waals surface area contributed by atoms with Gasteiger partial charge in [-0.25, -0.2) is 18.6 Å². The molecule has 0 spiro atoms. The molecule has 1 aliphatic carbocycles. The molecule has 7 nitrogen and oxygen atoms in total. The Morgan fingerprint density at radius 1 is 1.00 bits per heavy atom. The molecular formula is C30H29F2N3O4. The zero-order valence-corrected chi connectivity index (χ0v) is 21.4. The summed E-state index contributed by atoms with van der Waals surface area (Å²) in [5, 5.41) is 12.1. The Morgan fingerprint density at radius 3 is 2.31 bits per heavy atom. The lowest BCUT2D eigenvalue weighted by Crippen LogP contribution is -2.35. The summed E-state index contributed by atoms with van der Waals surface area (Å²) in [6, 6.07) is 16.6. The summed E-state index contributed by atoms with van der Waals surface area (Å²) >= 11 is 0. The average Bonchev–Trinajstić information content (AvgIpc) is 3.28. The Hall–Kier alpha value is -4.11. The quantitative estimate of drug-likeness (QED) is 0.269. The molecule has 5 rings (SSSR count). The van der Waals surface area contributed by atoms with Gasteiger partial charge in [-0.1, -0.05) is 49.6 Å². The molecule has 0 saturated heterocycles. The molecule has 2 atom stereocenters. The molecule has 9 heteroatoms. The van der Waals surface area contributed by atoms with Gasteiger partial charge in [0.15, 0.2) is 11.6 Å². The summed E-state index contributed by atoms with van der Waals surface area (Å²) < 4.78 is 36.5. The van der Waals surface area contributed by atoms with E-state index in [1.54, 1.807) is 4.57 Å². The molecule has 3 aromatic carbocycles. The highest BCUT2D eigenvalue weighted by molar-refractivity contribution is 5.96. The number of nitrogens with zero attached hydrogens (tertiary/aromatic N) is 2. The lowest BCUT2D eigenvalue weighted by Gasteiger charge is -2.33. The minimum atomic E-state index is -1.07. The Morgan fingerprint density at radius 2 is 1.67 bits per heavy atom. The first-order valence-electron chi connectivity index (χ1n) is 13.0. The number of carboxylic acid groups (broad SMARTS) is 1. The van der Waals surface area contributed by atoms with Gasteiger partial charge in [-0.05, 0) is 48.6 Å². The van der Waals surface area contributed by atoms with Crippen LogP contribution in [0.25, 0.3) is 11.0 Å². The van der Waals surface area contributed by atoms with Crippen molar-refractivity contribution in [2.75, 3.05) is 12.4 Å². The number of hydrogen-bond donors (Lipinski definition) is 2. The van der Waals surface area contributed by atoms with E-state index in [1.807, 2.05) is 30.3 Å². The number of fused-ring (bicyclic) bond motifs is 1. The van der Waals surface area contributed by atoms with Crippen molar-refractivity contribution in [2.45, 2.75) is 44.2 Å². The standard InChI is InChI=1S/C30H29F2N3O4/c1-39-27(19-10-6-3-7-11-19)28-34-24-16-22(31)23(32)17-25(24)35(28)26(18-8-4-2-5-9-18)29(36)33-21-14-12-20(13-15-21)30(37)38/h3,6-7,10-18,26-27H,2,4-5,8-9H2,1H3,(H,33,36)(H,37,38)/t26-,27-/m0/s1. The van der Waals surface area contributed by atoms with Crippen molar-refractivity contribution in [3.63, 3.8) is 0 Å². The van der Waals surface area contributed by atoms with Gasteiger partial charge in [0, 0.05) is 24.9 Å². The number of methoxy groups -OCH3 is 1. The van der Waals surface area contributed by atoms with Gasteiger partial charge in [0.2, 0.25) is 5.91 Å². The summed E-state index contributed by atoms with van der Waals surface area (Å²) in [4.78, 5) is 30.0. The van der Waals surface area contributed by atoms with Crippen molar-refractivity contribution in [3.05, 3.63) is 95.3 Å². The number of anilines is 1. The van der Waals surface area contributed by atoms with E-state index in [0.29, 0.717) is 17.0 Å². The van der Waals surface area contributed by atoms with Crippen LogP contribution >= 0.6 is 0 Å². The minimum absolute atomic E-state index is 0.0883. The van der Waals surface area contributed by atoms with Crippen LogP contribution in [0.1, 0.15) is 66.0 Å². The predicted octanol–water partition coefficient (Wildman–Crippen LogP) is 6.51. The van der Waals surface area contributed by atoms with Crippen molar-refractivity contribution in [1.29, 1.82) is 0 Å². The maximum Gasteiger partial charge on any atom is 0.335 e. The maximum absolute atomic E-state index is 14.6. The van der Waals surface area contributed by atoms with Gasteiger partial charge in [0.25, 0.3) is 0 Å². The lowest BCUT2D eigenvalue weighted by molar-refractivity contribution is -0.121. The highest BCUT2D eigenvalue weighted by Crippen LogP contribution is 2.39. The number of benzene rings is 3. The van der Waals surface area contributed by atoms with Gasteiger partial charge in [-0.2, -0.15) is 0 Å². The molecule has 0 bridgehead atoms. The van der Waals surface area contributed by atoms with Crippen molar-refractivity contribution in [3.8, 4) is 0 Å². The summed E-state index contributed by atoms with van der Waals surface area (Å²) in [6.07, 6.45) is 3.81. The Kier molecular flexibility index (Phi) is 7.70. The second-order valence-corrected chi connectivity index (χ2v) is 9.84. The summed E-state index contributed by atoms with van der Waals surface area (Å²) in [7, 11) is 1.53. The topological polar surface area (TPSA) is 93.5 Å². The first-order valence-corrected chi connectivity index (χ1v) is 13.0.